The second kappa shape index (κ2) is 6.45. The summed E-state index contributed by atoms with van der Waals surface area (Å²) in [6.45, 7) is 2.02. The summed E-state index contributed by atoms with van der Waals surface area (Å²) in [5, 5.41) is 14.2. The molecule has 0 aliphatic carbocycles. The Labute approximate surface area is 133 Å². The van der Waals surface area contributed by atoms with Crippen molar-refractivity contribution < 1.29 is 24.1 Å². The van der Waals surface area contributed by atoms with E-state index in [1.54, 1.807) is 6.92 Å². The summed E-state index contributed by atoms with van der Waals surface area (Å²) in [5.41, 5.74) is 9.53. The zero-order valence-electron chi connectivity index (χ0n) is 12.9. The standard InChI is InChI=1S/C15H19N3O5/c1-15(9-6-4-3-5-7-9)21-8-10-13(23-15)12(19)11(17-18-16)14(20-2)22-10/h3-7,10-14,19H,8H2,1-2H3/t10-,11-,12+,13+,14+,15-/m0/s1. The van der Waals surface area contributed by atoms with Gasteiger partial charge < -0.3 is 24.1 Å². The van der Waals surface area contributed by atoms with Crippen LogP contribution in [0.4, 0.5) is 0 Å². The summed E-state index contributed by atoms with van der Waals surface area (Å²) >= 11 is 0. The molecule has 3 rings (SSSR count). The Kier molecular flexibility index (Phi) is 4.54. The second-order valence-corrected chi connectivity index (χ2v) is 5.67. The maximum atomic E-state index is 10.6. The third kappa shape index (κ3) is 2.92. The molecule has 2 saturated heterocycles. The van der Waals surface area contributed by atoms with E-state index in [0.29, 0.717) is 0 Å². The third-order valence-electron chi connectivity index (χ3n) is 4.24. The molecule has 8 heteroatoms. The lowest BCUT2D eigenvalue weighted by Crippen LogP contribution is -2.63. The van der Waals surface area contributed by atoms with Crippen molar-refractivity contribution in [3.8, 4) is 0 Å². The van der Waals surface area contributed by atoms with Gasteiger partial charge in [-0.05, 0) is 12.5 Å². The van der Waals surface area contributed by atoms with Crippen molar-refractivity contribution in [2.75, 3.05) is 13.7 Å². The average Bonchev–Trinajstić information content (AvgIpc) is 2.59. The lowest BCUT2D eigenvalue weighted by molar-refractivity contribution is -0.376. The number of rotatable bonds is 3. The van der Waals surface area contributed by atoms with Crippen LogP contribution in [-0.2, 0) is 24.7 Å². The van der Waals surface area contributed by atoms with Crippen molar-refractivity contribution in [3.63, 3.8) is 0 Å². The van der Waals surface area contributed by atoms with Crippen LogP contribution in [0, 0.1) is 0 Å². The van der Waals surface area contributed by atoms with Crippen LogP contribution in [0.25, 0.3) is 10.4 Å². The topological polar surface area (TPSA) is 106 Å². The molecule has 8 nitrogen and oxygen atoms in total. The van der Waals surface area contributed by atoms with Gasteiger partial charge in [-0.2, -0.15) is 0 Å². The number of benzene rings is 1. The quantitative estimate of drug-likeness (QED) is 0.518. The van der Waals surface area contributed by atoms with Crippen LogP contribution in [0.1, 0.15) is 12.5 Å². The van der Waals surface area contributed by atoms with E-state index >= 15 is 0 Å². The fraction of sp³-hybridized carbons (Fsp3) is 0.600. The predicted molar refractivity (Wildman–Crippen MR) is 79.2 cm³/mol. The van der Waals surface area contributed by atoms with Gasteiger partial charge in [-0.15, -0.1) is 0 Å². The van der Waals surface area contributed by atoms with Gasteiger partial charge in [-0.1, -0.05) is 35.4 Å². The Hall–Kier alpha value is -1.67. The first-order chi connectivity index (χ1) is 11.1. The van der Waals surface area contributed by atoms with Crippen molar-refractivity contribution in [1.82, 2.24) is 0 Å². The maximum Gasteiger partial charge on any atom is 0.192 e. The van der Waals surface area contributed by atoms with E-state index in [9.17, 15) is 5.11 Å². The number of aliphatic hydroxyl groups is 1. The van der Waals surface area contributed by atoms with Crippen LogP contribution in [0.2, 0.25) is 0 Å². The zero-order valence-corrected chi connectivity index (χ0v) is 12.9. The molecule has 1 aromatic rings. The molecule has 23 heavy (non-hydrogen) atoms. The molecule has 1 N–H and O–H groups in total. The molecule has 0 radical (unpaired) electrons. The molecular formula is C15H19N3O5. The fourth-order valence-corrected chi connectivity index (χ4v) is 2.99. The molecule has 2 heterocycles. The highest BCUT2D eigenvalue weighted by Gasteiger charge is 2.52. The van der Waals surface area contributed by atoms with Gasteiger partial charge in [0.2, 0.25) is 0 Å². The number of nitrogens with zero attached hydrogens (tertiary/aromatic N) is 3. The Morgan fingerprint density at radius 1 is 1.39 bits per heavy atom. The highest BCUT2D eigenvalue weighted by Crippen LogP contribution is 2.38. The van der Waals surface area contributed by atoms with Crippen LogP contribution in [0.15, 0.2) is 35.4 Å². The van der Waals surface area contributed by atoms with E-state index in [1.165, 1.54) is 7.11 Å². The fourth-order valence-electron chi connectivity index (χ4n) is 2.99. The van der Waals surface area contributed by atoms with Crippen LogP contribution in [0.5, 0.6) is 0 Å². The van der Waals surface area contributed by atoms with E-state index in [1.807, 2.05) is 30.3 Å². The van der Waals surface area contributed by atoms with Crippen molar-refractivity contribution in [2.45, 2.75) is 43.4 Å². The largest absolute Gasteiger partial charge is 0.390 e. The predicted octanol–water partition coefficient (Wildman–Crippen LogP) is 1.69. The summed E-state index contributed by atoms with van der Waals surface area (Å²) in [5.74, 6) is -1.01. The molecule has 0 unspecified atom stereocenters. The maximum absolute atomic E-state index is 10.6. The summed E-state index contributed by atoms with van der Waals surface area (Å²) in [7, 11) is 1.43. The van der Waals surface area contributed by atoms with Crippen LogP contribution >= 0.6 is 0 Å². The van der Waals surface area contributed by atoms with E-state index in [4.69, 9.17) is 24.5 Å². The molecule has 0 aromatic heterocycles. The molecule has 0 spiro atoms. The first kappa shape index (κ1) is 16.2. The minimum Gasteiger partial charge on any atom is -0.390 e. The van der Waals surface area contributed by atoms with Crippen LogP contribution < -0.4 is 0 Å². The summed E-state index contributed by atoms with van der Waals surface area (Å²) < 4.78 is 22.7. The molecule has 6 atom stereocenters. The number of hydrogen-bond acceptors (Lipinski definition) is 6. The smallest absolute Gasteiger partial charge is 0.192 e. The number of fused-ring (bicyclic) bond motifs is 1. The van der Waals surface area contributed by atoms with Gasteiger partial charge in [0.15, 0.2) is 12.1 Å². The molecule has 0 bridgehead atoms. The molecule has 0 amide bonds. The van der Waals surface area contributed by atoms with Crippen molar-refractivity contribution in [3.05, 3.63) is 46.3 Å². The van der Waals surface area contributed by atoms with Gasteiger partial charge in [-0.25, -0.2) is 0 Å². The highest BCUT2D eigenvalue weighted by molar-refractivity contribution is 5.20. The Bertz CT molecular complexity index is 594. The lowest BCUT2D eigenvalue weighted by atomic mass is 9.95. The first-order valence-corrected chi connectivity index (χ1v) is 7.37. The number of methoxy groups -OCH3 is 1. The van der Waals surface area contributed by atoms with E-state index in [-0.39, 0.29) is 6.61 Å². The summed E-state index contributed by atoms with van der Waals surface area (Å²) in [6.07, 6.45) is -3.08. The van der Waals surface area contributed by atoms with Gasteiger partial charge in [0.1, 0.15) is 18.2 Å². The minimum absolute atomic E-state index is 0.232. The van der Waals surface area contributed by atoms with Gasteiger partial charge >= 0.3 is 0 Å². The van der Waals surface area contributed by atoms with Crippen molar-refractivity contribution in [2.24, 2.45) is 5.11 Å². The minimum atomic E-state index is -1.05. The Morgan fingerprint density at radius 2 is 2.13 bits per heavy atom. The van der Waals surface area contributed by atoms with Gasteiger partial charge in [0.25, 0.3) is 0 Å². The average molecular weight is 321 g/mol. The first-order valence-electron chi connectivity index (χ1n) is 7.37. The van der Waals surface area contributed by atoms with Gasteiger partial charge in [-0.3, -0.25) is 0 Å². The van der Waals surface area contributed by atoms with Gasteiger partial charge in [0, 0.05) is 17.6 Å². The molecule has 2 aliphatic rings. The molecule has 1 aromatic carbocycles. The van der Waals surface area contributed by atoms with Crippen molar-refractivity contribution >= 4 is 0 Å². The second-order valence-electron chi connectivity index (χ2n) is 5.67. The number of ether oxygens (including phenoxy) is 4. The molecular weight excluding hydrogens is 302 g/mol. The third-order valence-corrected chi connectivity index (χ3v) is 4.24. The zero-order chi connectivity index (χ0) is 16.4. The summed E-state index contributed by atoms with van der Waals surface area (Å²) in [6, 6.07) is 8.56. The van der Waals surface area contributed by atoms with E-state index < -0.39 is 36.4 Å². The normalized spacial score (nSPS) is 40.0. The van der Waals surface area contributed by atoms with Gasteiger partial charge in [0.05, 0.1) is 12.7 Å². The Balaban J connectivity index is 1.85. The van der Waals surface area contributed by atoms with Crippen LogP contribution in [0.3, 0.4) is 0 Å². The summed E-state index contributed by atoms with van der Waals surface area (Å²) in [4.78, 5) is 2.76. The lowest BCUT2D eigenvalue weighted by Gasteiger charge is -2.49. The molecule has 124 valence electrons. The molecule has 0 saturated carbocycles. The Morgan fingerprint density at radius 3 is 2.78 bits per heavy atom. The van der Waals surface area contributed by atoms with E-state index in [2.05, 4.69) is 10.0 Å². The van der Waals surface area contributed by atoms with Crippen LogP contribution in [-0.4, -0.2) is 49.5 Å². The number of azide groups is 1. The van der Waals surface area contributed by atoms with E-state index in [0.717, 1.165) is 5.56 Å². The molecule has 2 aliphatic heterocycles. The monoisotopic (exact) mass is 321 g/mol. The molecule has 2 fully saturated rings. The number of hydrogen-bond donors (Lipinski definition) is 1. The number of aliphatic hydroxyl groups excluding tert-OH is 1. The SMILES string of the molecule is CO[C@@H]1O[C@H]2CO[C@](C)(c3ccccc3)O[C@H]2[C@H](O)[C@@H]1N=[N+]=[N-]. The van der Waals surface area contributed by atoms with Crippen molar-refractivity contribution in [1.29, 1.82) is 0 Å². The highest BCUT2D eigenvalue weighted by atomic mass is 16.8.